The Labute approximate surface area is 202 Å². The third-order valence-electron chi connectivity index (χ3n) is 6.36. The van der Waals surface area contributed by atoms with E-state index in [1.165, 1.54) is 6.07 Å². The summed E-state index contributed by atoms with van der Waals surface area (Å²) in [4.78, 5) is 18.1. The van der Waals surface area contributed by atoms with E-state index < -0.39 is 15.7 Å². The van der Waals surface area contributed by atoms with Gasteiger partial charge < -0.3 is 5.32 Å². The lowest BCUT2D eigenvalue weighted by molar-refractivity contribution is 0.0952. The summed E-state index contributed by atoms with van der Waals surface area (Å²) < 4.78 is 40.5. The molecule has 4 aromatic rings. The topological polar surface area (TPSA) is 93.9 Å². The molecule has 0 spiro atoms. The van der Waals surface area contributed by atoms with Gasteiger partial charge in [0.25, 0.3) is 5.91 Å². The van der Waals surface area contributed by atoms with Crippen LogP contribution in [0.4, 0.5) is 4.39 Å². The number of nitrogens with zero attached hydrogens (tertiary/aromatic N) is 3. The Morgan fingerprint density at radius 1 is 1.14 bits per heavy atom. The van der Waals surface area contributed by atoms with Crippen LogP contribution in [0.15, 0.2) is 54.6 Å². The second-order valence-electron chi connectivity index (χ2n) is 8.99. The quantitative estimate of drug-likeness (QED) is 0.452. The number of nitrogens with one attached hydrogen (secondary N) is 1. The maximum atomic E-state index is 14.7. The first kappa shape index (κ1) is 23.2. The fourth-order valence-corrected chi connectivity index (χ4v) is 6.20. The fraction of sp³-hybridized carbons (Fsp3) is 0.269. The third-order valence-corrected chi connectivity index (χ3v) is 8.11. The predicted molar refractivity (Wildman–Crippen MR) is 132 cm³/mol. The Morgan fingerprint density at radius 3 is 2.57 bits per heavy atom. The van der Waals surface area contributed by atoms with Crippen LogP contribution < -0.4 is 5.32 Å². The number of carbonyl (C=O) groups is 1. The van der Waals surface area contributed by atoms with E-state index in [2.05, 4.69) is 15.4 Å². The van der Waals surface area contributed by atoms with E-state index in [-0.39, 0.29) is 34.7 Å². The Bertz CT molecular complexity index is 1550. The van der Waals surface area contributed by atoms with E-state index in [0.717, 1.165) is 11.1 Å². The minimum atomic E-state index is -3.17. The Morgan fingerprint density at radius 2 is 1.89 bits per heavy atom. The van der Waals surface area contributed by atoms with Crippen molar-refractivity contribution in [3.05, 3.63) is 82.8 Å². The van der Waals surface area contributed by atoms with E-state index >= 15 is 0 Å². The summed E-state index contributed by atoms with van der Waals surface area (Å²) >= 11 is 0. The maximum absolute atomic E-state index is 14.7. The van der Waals surface area contributed by atoms with Gasteiger partial charge in [0, 0.05) is 12.1 Å². The third kappa shape index (κ3) is 4.55. The van der Waals surface area contributed by atoms with Gasteiger partial charge in [-0.15, -0.1) is 0 Å². The molecule has 3 heterocycles. The van der Waals surface area contributed by atoms with Crippen molar-refractivity contribution >= 4 is 26.8 Å². The molecule has 1 aliphatic rings. The number of hydrogen-bond acceptors (Lipinski definition) is 5. The van der Waals surface area contributed by atoms with Crippen molar-refractivity contribution in [1.29, 1.82) is 0 Å². The number of aryl methyl sites for hydroxylation is 2. The highest BCUT2D eigenvalue weighted by molar-refractivity contribution is 7.91. The minimum Gasteiger partial charge on any atom is -0.348 e. The summed E-state index contributed by atoms with van der Waals surface area (Å²) in [6, 6.07) is 15.3. The maximum Gasteiger partial charge on any atom is 0.252 e. The van der Waals surface area contributed by atoms with Crippen LogP contribution >= 0.6 is 0 Å². The molecule has 0 radical (unpaired) electrons. The van der Waals surface area contributed by atoms with Crippen molar-refractivity contribution in [2.45, 2.75) is 32.9 Å². The highest BCUT2D eigenvalue weighted by Gasteiger charge is 2.32. The summed E-state index contributed by atoms with van der Waals surface area (Å²) in [5, 5.41) is 8.07. The molecule has 1 atom stereocenters. The molecule has 0 saturated carbocycles. The molecule has 35 heavy (non-hydrogen) atoms. The molecule has 0 bridgehead atoms. The van der Waals surface area contributed by atoms with E-state index in [0.29, 0.717) is 35.3 Å². The van der Waals surface area contributed by atoms with Gasteiger partial charge in [0.2, 0.25) is 0 Å². The number of sulfone groups is 1. The molecule has 1 fully saturated rings. The van der Waals surface area contributed by atoms with Gasteiger partial charge in [-0.05, 0) is 44.0 Å². The number of benzene rings is 2. The van der Waals surface area contributed by atoms with E-state index in [9.17, 15) is 17.6 Å². The highest BCUT2D eigenvalue weighted by atomic mass is 32.2. The van der Waals surface area contributed by atoms with Crippen LogP contribution in [-0.2, 0) is 16.4 Å². The Balaban J connectivity index is 1.62. The fourth-order valence-electron chi connectivity index (χ4n) is 4.51. The zero-order valence-corrected chi connectivity index (χ0v) is 20.3. The average Bonchev–Trinajstić information content (AvgIpc) is 3.37. The van der Waals surface area contributed by atoms with Gasteiger partial charge in [0.05, 0.1) is 39.9 Å². The second kappa shape index (κ2) is 8.88. The van der Waals surface area contributed by atoms with Crippen LogP contribution in [0.25, 0.3) is 22.3 Å². The lowest BCUT2D eigenvalue weighted by Gasteiger charge is -2.13. The molecular weight excluding hydrogens is 467 g/mol. The van der Waals surface area contributed by atoms with Crippen molar-refractivity contribution < 1.29 is 17.6 Å². The zero-order chi connectivity index (χ0) is 24.7. The van der Waals surface area contributed by atoms with Crippen molar-refractivity contribution in [2.75, 3.05) is 11.5 Å². The first-order chi connectivity index (χ1) is 16.7. The Hall–Kier alpha value is -3.59. The van der Waals surface area contributed by atoms with Crippen molar-refractivity contribution in [3.8, 4) is 11.3 Å². The summed E-state index contributed by atoms with van der Waals surface area (Å²) in [5.74, 6) is -0.757. The first-order valence-corrected chi connectivity index (χ1v) is 13.2. The molecule has 1 aliphatic heterocycles. The van der Waals surface area contributed by atoms with Crippen molar-refractivity contribution in [2.24, 2.45) is 0 Å². The smallest absolute Gasteiger partial charge is 0.252 e. The molecule has 1 unspecified atom stereocenters. The number of fused-ring (bicyclic) bond motifs is 1. The number of halogens is 1. The number of carbonyl (C=O) groups excluding carboxylic acids is 1. The van der Waals surface area contributed by atoms with Crippen LogP contribution in [0.3, 0.4) is 0 Å². The van der Waals surface area contributed by atoms with Crippen LogP contribution in [0.1, 0.15) is 39.6 Å². The van der Waals surface area contributed by atoms with E-state index in [4.69, 9.17) is 0 Å². The summed E-state index contributed by atoms with van der Waals surface area (Å²) in [7, 11) is -3.17. The first-order valence-electron chi connectivity index (χ1n) is 11.4. The lowest BCUT2D eigenvalue weighted by atomic mass is 10.0. The zero-order valence-electron chi connectivity index (χ0n) is 19.5. The molecular formula is C26H25FN4O3S. The number of aromatic nitrogens is 3. The van der Waals surface area contributed by atoms with Crippen LogP contribution in [0.2, 0.25) is 0 Å². The summed E-state index contributed by atoms with van der Waals surface area (Å²) in [6.07, 6.45) is 0.416. The Kier molecular flexibility index (Phi) is 5.88. The standard InChI is InChI=1S/C26H25FN4O3S/c1-16-7-9-18(10-8-16)14-28-26(32)21-13-23(20-5-3-4-6-22(20)27)29-25-24(21)17(2)30-31(25)19-11-12-35(33,34)15-19/h3-10,13,19H,11-12,14-15H2,1-2H3,(H,28,32). The van der Waals surface area contributed by atoms with Crippen LogP contribution in [0.5, 0.6) is 0 Å². The molecule has 1 N–H and O–H groups in total. The van der Waals surface area contributed by atoms with Gasteiger partial charge in [-0.25, -0.2) is 22.5 Å². The SMILES string of the molecule is Cc1ccc(CNC(=O)c2cc(-c3ccccc3F)nc3c2c(C)nn3C2CCS(=O)(=O)C2)cc1. The molecule has 1 saturated heterocycles. The summed E-state index contributed by atoms with van der Waals surface area (Å²) in [6.45, 7) is 4.09. The number of amides is 1. The van der Waals surface area contributed by atoms with Gasteiger partial charge in [0.15, 0.2) is 15.5 Å². The molecule has 1 amide bonds. The lowest BCUT2D eigenvalue weighted by Crippen LogP contribution is -2.23. The summed E-state index contributed by atoms with van der Waals surface area (Å²) in [5.41, 5.74) is 3.90. The van der Waals surface area contributed by atoms with Gasteiger partial charge >= 0.3 is 0 Å². The van der Waals surface area contributed by atoms with Crippen LogP contribution in [0, 0.1) is 19.7 Å². The molecule has 7 nitrogen and oxygen atoms in total. The van der Waals surface area contributed by atoms with Gasteiger partial charge in [0.1, 0.15) is 5.82 Å². The predicted octanol–water partition coefficient (Wildman–Crippen LogP) is 4.14. The molecule has 0 aliphatic carbocycles. The van der Waals surface area contributed by atoms with Gasteiger partial charge in [-0.1, -0.05) is 42.0 Å². The molecule has 180 valence electrons. The molecule has 9 heteroatoms. The van der Waals surface area contributed by atoms with Crippen molar-refractivity contribution in [3.63, 3.8) is 0 Å². The van der Waals surface area contributed by atoms with Gasteiger partial charge in [-0.2, -0.15) is 5.10 Å². The number of pyridine rings is 1. The van der Waals surface area contributed by atoms with Gasteiger partial charge in [-0.3, -0.25) is 4.79 Å². The largest absolute Gasteiger partial charge is 0.348 e. The molecule has 2 aromatic carbocycles. The number of rotatable bonds is 5. The van der Waals surface area contributed by atoms with E-state index in [1.54, 1.807) is 35.9 Å². The monoisotopic (exact) mass is 492 g/mol. The minimum absolute atomic E-state index is 0.0379. The highest BCUT2D eigenvalue weighted by Crippen LogP contribution is 2.32. The van der Waals surface area contributed by atoms with Crippen LogP contribution in [-0.4, -0.2) is 40.6 Å². The normalized spacial score (nSPS) is 17.1. The van der Waals surface area contributed by atoms with E-state index in [1.807, 2.05) is 31.2 Å². The molecule has 2 aromatic heterocycles. The number of hydrogen-bond donors (Lipinski definition) is 1. The van der Waals surface area contributed by atoms with Crippen molar-refractivity contribution in [1.82, 2.24) is 20.1 Å². The molecule has 5 rings (SSSR count). The average molecular weight is 493 g/mol. The second-order valence-corrected chi connectivity index (χ2v) is 11.2.